The molecule has 0 bridgehead atoms. The molecule has 0 amide bonds. The van der Waals surface area contributed by atoms with Gasteiger partial charge in [-0.05, 0) is 65.7 Å². The summed E-state index contributed by atoms with van der Waals surface area (Å²) in [6.45, 7) is 4.22. The number of fused-ring (bicyclic) bond motifs is 1. The normalized spacial score (nSPS) is 10.9. The number of hydrogen-bond acceptors (Lipinski definition) is 4. The molecule has 1 heterocycles. The molecule has 0 saturated carbocycles. The number of aryl methyl sites for hydroxylation is 2. The second-order valence-corrected chi connectivity index (χ2v) is 8.47. The maximum absolute atomic E-state index is 9.56. The van der Waals surface area contributed by atoms with E-state index in [0.717, 1.165) is 39.1 Å². The Balaban J connectivity index is 1.69. The van der Waals surface area contributed by atoms with Gasteiger partial charge in [0.1, 0.15) is 5.82 Å². The summed E-state index contributed by atoms with van der Waals surface area (Å²) in [7, 11) is -1.51. The summed E-state index contributed by atoms with van der Waals surface area (Å²) in [6.07, 6.45) is 1.94. The highest BCUT2D eigenvalue weighted by molar-refractivity contribution is 6.58. The lowest BCUT2D eigenvalue weighted by Crippen LogP contribution is -2.29. The molecule has 0 fully saturated rings. The number of aromatic nitrogens is 1. The number of nitrogens with zero attached hydrogens (tertiary/aromatic N) is 2. The number of benzene rings is 4. The minimum absolute atomic E-state index is 0.445. The van der Waals surface area contributed by atoms with Crippen LogP contribution >= 0.6 is 0 Å². The molecule has 4 nitrogen and oxygen atoms in total. The Labute approximate surface area is 199 Å². The van der Waals surface area contributed by atoms with Gasteiger partial charge in [-0.1, -0.05) is 72.8 Å². The molecule has 5 heteroatoms. The van der Waals surface area contributed by atoms with Gasteiger partial charge < -0.3 is 10.0 Å². The molecule has 5 aromatic rings. The number of pyridine rings is 1. The quantitative estimate of drug-likeness (QED) is 0.343. The Hall–Kier alpha value is -3.93. The lowest BCUT2D eigenvalue weighted by molar-refractivity contribution is 0.426. The molecule has 34 heavy (non-hydrogen) atoms. The van der Waals surface area contributed by atoms with Gasteiger partial charge in [-0.2, -0.15) is 0 Å². The molecule has 0 radical (unpaired) electrons. The molecule has 0 aliphatic carbocycles. The summed E-state index contributed by atoms with van der Waals surface area (Å²) in [4.78, 5) is 7.02. The summed E-state index contributed by atoms with van der Waals surface area (Å²) in [5.74, 6) is 0.795. The van der Waals surface area contributed by atoms with Crippen LogP contribution in [0.5, 0.6) is 0 Å². The van der Waals surface area contributed by atoms with E-state index in [4.69, 9.17) is 4.98 Å². The highest BCUT2D eigenvalue weighted by atomic mass is 16.4. The standard InChI is InChI=1S/C29H25BN2O2/c1-20-8-3-5-11-25(20)27-19-31-29(18-21(27)2)32(24-16-14-23(15-17-24)30(33)34)28-13-7-10-22-9-4-6-12-26(22)28/h3-19,33-34H,1-2H3. The van der Waals surface area contributed by atoms with Gasteiger partial charge in [0.05, 0.1) is 5.69 Å². The molecule has 4 aromatic carbocycles. The van der Waals surface area contributed by atoms with Crippen molar-refractivity contribution < 1.29 is 10.0 Å². The molecule has 1 aromatic heterocycles. The summed E-state index contributed by atoms with van der Waals surface area (Å²) >= 11 is 0. The molecular formula is C29H25BN2O2. The average Bonchev–Trinajstić information content (AvgIpc) is 2.85. The van der Waals surface area contributed by atoms with Crippen LogP contribution in [0.1, 0.15) is 11.1 Å². The summed E-state index contributed by atoms with van der Waals surface area (Å²) in [5.41, 5.74) is 6.97. The number of anilines is 3. The molecule has 0 unspecified atom stereocenters. The molecule has 0 aliphatic rings. The van der Waals surface area contributed by atoms with Gasteiger partial charge in [0.25, 0.3) is 0 Å². The molecular weight excluding hydrogens is 419 g/mol. The van der Waals surface area contributed by atoms with E-state index in [1.165, 1.54) is 11.1 Å². The van der Waals surface area contributed by atoms with E-state index in [1.807, 2.05) is 42.6 Å². The Morgan fingerprint density at radius 2 is 1.41 bits per heavy atom. The van der Waals surface area contributed by atoms with Gasteiger partial charge in [-0.3, -0.25) is 4.90 Å². The lowest BCUT2D eigenvalue weighted by Gasteiger charge is -2.26. The highest BCUT2D eigenvalue weighted by Crippen LogP contribution is 2.39. The van der Waals surface area contributed by atoms with E-state index in [2.05, 4.69) is 67.3 Å². The van der Waals surface area contributed by atoms with Gasteiger partial charge >= 0.3 is 7.12 Å². The SMILES string of the molecule is Cc1ccccc1-c1cnc(N(c2ccc(B(O)O)cc2)c2cccc3ccccc23)cc1C. The van der Waals surface area contributed by atoms with Crippen LogP contribution in [-0.4, -0.2) is 22.2 Å². The molecule has 5 rings (SSSR count). The van der Waals surface area contributed by atoms with E-state index in [9.17, 15) is 10.0 Å². The second kappa shape index (κ2) is 9.14. The van der Waals surface area contributed by atoms with Crippen LogP contribution in [0.25, 0.3) is 21.9 Å². The van der Waals surface area contributed by atoms with E-state index in [0.29, 0.717) is 5.46 Å². The van der Waals surface area contributed by atoms with Crippen molar-refractivity contribution in [1.29, 1.82) is 0 Å². The smallest absolute Gasteiger partial charge is 0.423 e. The van der Waals surface area contributed by atoms with Crippen LogP contribution in [0, 0.1) is 13.8 Å². The molecule has 0 saturated heterocycles. The fraction of sp³-hybridized carbons (Fsp3) is 0.0690. The monoisotopic (exact) mass is 444 g/mol. The zero-order valence-electron chi connectivity index (χ0n) is 19.2. The van der Waals surface area contributed by atoms with Crippen molar-refractivity contribution in [2.75, 3.05) is 4.90 Å². The molecule has 166 valence electrons. The van der Waals surface area contributed by atoms with Gasteiger partial charge in [0.15, 0.2) is 0 Å². The second-order valence-electron chi connectivity index (χ2n) is 8.47. The predicted octanol–water partition coefficient (Wildman–Crippen LogP) is 5.67. The van der Waals surface area contributed by atoms with E-state index >= 15 is 0 Å². The summed E-state index contributed by atoms with van der Waals surface area (Å²) in [6, 6.07) is 32.2. The van der Waals surface area contributed by atoms with Crippen LogP contribution in [0.4, 0.5) is 17.2 Å². The topological polar surface area (TPSA) is 56.6 Å². The first-order valence-corrected chi connectivity index (χ1v) is 11.3. The zero-order chi connectivity index (χ0) is 23.7. The first-order valence-electron chi connectivity index (χ1n) is 11.3. The Bertz CT molecular complexity index is 1460. The van der Waals surface area contributed by atoms with Crippen molar-refractivity contribution in [1.82, 2.24) is 4.98 Å². The van der Waals surface area contributed by atoms with Gasteiger partial charge in [0, 0.05) is 22.8 Å². The minimum atomic E-state index is -1.51. The molecule has 0 atom stereocenters. The molecule has 2 N–H and O–H groups in total. The van der Waals surface area contributed by atoms with E-state index in [1.54, 1.807) is 12.1 Å². The van der Waals surface area contributed by atoms with Gasteiger partial charge in [0.2, 0.25) is 0 Å². The van der Waals surface area contributed by atoms with Gasteiger partial charge in [-0.25, -0.2) is 4.98 Å². The van der Waals surface area contributed by atoms with Crippen molar-refractivity contribution in [2.45, 2.75) is 13.8 Å². The van der Waals surface area contributed by atoms with E-state index in [-0.39, 0.29) is 0 Å². The average molecular weight is 444 g/mol. The first kappa shape index (κ1) is 21.9. The third-order valence-corrected chi connectivity index (χ3v) is 6.22. The van der Waals surface area contributed by atoms with Crippen LogP contribution in [0.2, 0.25) is 0 Å². The fourth-order valence-electron chi connectivity index (χ4n) is 4.41. The minimum Gasteiger partial charge on any atom is -0.423 e. The van der Waals surface area contributed by atoms with Crippen molar-refractivity contribution in [2.24, 2.45) is 0 Å². The van der Waals surface area contributed by atoms with Crippen molar-refractivity contribution in [3.8, 4) is 11.1 Å². The van der Waals surface area contributed by atoms with Crippen LogP contribution in [-0.2, 0) is 0 Å². The Morgan fingerprint density at radius 3 is 2.15 bits per heavy atom. The van der Waals surface area contributed by atoms with E-state index < -0.39 is 7.12 Å². The van der Waals surface area contributed by atoms with Crippen molar-refractivity contribution in [3.63, 3.8) is 0 Å². The third kappa shape index (κ3) is 4.07. The van der Waals surface area contributed by atoms with Crippen LogP contribution < -0.4 is 10.4 Å². The Morgan fingerprint density at radius 1 is 0.706 bits per heavy atom. The molecule has 0 aliphatic heterocycles. The largest absolute Gasteiger partial charge is 0.488 e. The highest BCUT2D eigenvalue weighted by Gasteiger charge is 2.19. The fourth-order valence-corrected chi connectivity index (χ4v) is 4.41. The maximum Gasteiger partial charge on any atom is 0.488 e. The van der Waals surface area contributed by atoms with Crippen molar-refractivity contribution >= 4 is 40.5 Å². The van der Waals surface area contributed by atoms with Gasteiger partial charge in [-0.15, -0.1) is 0 Å². The summed E-state index contributed by atoms with van der Waals surface area (Å²) in [5, 5.41) is 21.4. The number of hydrogen-bond donors (Lipinski definition) is 2. The first-order chi connectivity index (χ1) is 16.5. The van der Waals surface area contributed by atoms with Crippen LogP contribution in [0.3, 0.4) is 0 Å². The predicted molar refractivity (Wildman–Crippen MR) is 141 cm³/mol. The van der Waals surface area contributed by atoms with Crippen molar-refractivity contribution in [3.05, 3.63) is 114 Å². The Kier molecular flexibility index (Phi) is 5.89. The molecule has 0 spiro atoms. The number of rotatable bonds is 5. The summed E-state index contributed by atoms with van der Waals surface area (Å²) < 4.78 is 0. The zero-order valence-corrected chi connectivity index (χ0v) is 19.2. The maximum atomic E-state index is 9.56. The third-order valence-electron chi connectivity index (χ3n) is 6.22. The van der Waals surface area contributed by atoms with Crippen LogP contribution in [0.15, 0.2) is 103 Å². The lowest BCUT2D eigenvalue weighted by atomic mass is 9.80.